The van der Waals surface area contributed by atoms with E-state index in [-0.39, 0.29) is 18.0 Å². The summed E-state index contributed by atoms with van der Waals surface area (Å²) in [5.41, 5.74) is 2.23. The maximum Gasteiger partial charge on any atom is 0.123 e. The van der Waals surface area contributed by atoms with Gasteiger partial charge < -0.3 is 9.47 Å². The molecular formula is C19H24FN3O2. The van der Waals surface area contributed by atoms with Gasteiger partial charge in [-0.1, -0.05) is 12.1 Å². The lowest BCUT2D eigenvalue weighted by Crippen LogP contribution is -2.47. The molecule has 4 rings (SSSR count). The lowest BCUT2D eigenvalue weighted by Gasteiger charge is -2.35. The molecule has 2 fully saturated rings. The van der Waals surface area contributed by atoms with Gasteiger partial charge >= 0.3 is 0 Å². The van der Waals surface area contributed by atoms with Crippen molar-refractivity contribution in [3.63, 3.8) is 0 Å². The van der Waals surface area contributed by atoms with E-state index >= 15 is 0 Å². The van der Waals surface area contributed by atoms with Crippen molar-refractivity contribution >= 4 is 0 Å². The van der Waals surface area contributed by atoms with Gasteiger partial charge in [-0.15, -0.1) is 0 Å². The standard InChI is InChI=1S/C19H24FN3O2/c20-17-5-3-15(4-6-17)12-23-13-16(10-21-23)11-22-7-9-25-19(14-22)18-2-1-8-24-18/h3-6,10,13,18-19H,1-2,7-9,11-12,14H2. The van der Waals surface area contributed by atoms with E-state index in [2.05, 4.69) is 16.2 Å². The van der Waals surface area contributed by atoms with Crippen LogP contribution in [0.25, 0.3) is 0 Å². The van der Waals surface area contributed by atoms with Gasteiger partial charge in [0, 0.05) is 38.0 Å². The number of aromatic nitrogens is 2. The molecule has 0 amide bonds. The molecule has 5 nitrogen and oxygen atoms in total. The number of morpholine rings is 1. The maximum absolute atomic E-state index is 13.0. The van der Waals surface area contributed by atoms with Crippen molar-refractivity contribution in [3.05, 3.63) is 53.6 Å². The average Bonchev–Trinajstić information content (AvgIpc) is 3.30. The van der Waals surface area contributed by atoms with E-state index in [4.69, 9.17) is 9.47 Å². The van der Waals surface area contributed by atoms with Crippen molar-refractivity contribution < 1.29 is 13.9 Å². The normalized spacial score (nSPS) is 24.7. The zero-order valence-corrected chi connectivity index (χ0v) is 14.3. The predicted octanol–water partition coefficient (Wildman–Crippen LogP) is 2.45. The first kappa shape index (κ1) is 16.7. The summed E-state index contributed by atoms with van der Waals surface area (Å²) in [7, 11) is 0. The first-order chi connectivity index (χ1) is 12.3. The fourth-order valence-corrected chi connectivity index (χ4v) is 3.61. The summed E-state index contributed by atoms with van der Waals surface area (Å²) in [5, 5.41) is 4.44. The highest BCUT2D eigenvalue weighted by Gasteiger charge is 2.31. The van der Waals surface area contributed by atoms with Gasteiger partial charge in [-0.3, -0.25) is 9.58 Å². The van der Waals surface area contributed by atoms with Gasteiger partial charge in [0.05, 0.1) is 31.6 Å². The quantitative estimate of drug-likeness (QED) is 0.835. The van der Waals surface area contributed by atoms with E-state index < -0.39 is 0 Å². The van der Waals surface area contributed by atoms with E-state index in [0.29, 0.717) is 6.54 Å². The highest BCUT2D eigenvalue weighted by molar-refractivity contribution is 5.17. The van der Waals surface area contributed by atoms with Crippen molar-refractivity contribution in [2.75, 3.05) is 26.3 Å². The molecule has 134 valence electrons. The second kappa shape index (κ2) is 7.64. The second-order valence-electron chi connectivity index (χ2n) is 6.87. The Morgan fingerprint density at radius 1 is 1.04 bits per heavy atom. The van der Waals surface area contributed by atoms with E-state index in [0.717, 1.165) is 51.3 Å². The molecule has 2 aliphatic heterocycles. The number of ether oxygens (including phenoxy) is 2. The van der Waals surface area contributed by atoms with Crippen molar-refractivity contribution in [2.24, 2.45) is 0 Å². The minimum Gasteiger partial charge on any atom is -0.375 e. The Morgan fingerprint density at radius 3 is 2.68 bits per heavy atom. The summed E-state index contributed by atoms with van der Waals surface area (Å²) in [6.45, 7) is 4.99. The Bertz CT molecular complexity index is 682. The summed E-state index contributed by atoms with van der Waals surface area (Å²) < 4.78 is 26.6. The summed E-state index contributed by atoms with van der Waals surface area (Å²) in [6.07, 6.45) is 6.67. The molecule has 1 aromatic carbocycles. The number of halogens is 1. The zero-order valence-electron chi connectivity index (χ0n) is 14.3. The number of nitrogens with zero attached hydrogens (tertiary/aromatic N) is 3. The topological polar surface area (TPSA) is 39.5 Å². The molecule has 2 aliphatic rings. The van der Waals surface area contributed by atoms with Gasteiger partial charge in [0.2, 0.25) is 0 Å². The molecule has 1 aromatic heterocycles. The lowest BCUT2D eigenvalue weighted by molar-refractivity contribution is -0.0959. The van der Waals surface area contributed by atoms with Crippen LogP contribution in [0.1, 0.15) is 24.0 Å². The minimum atomic E-state index is -0.210. The van der Waals surface area contributed by atoms with Crippen LogP contribution in [0.4, 0.5) is 4.39 Å². The van der Waals surface area contributed by atoms with Gasteiger partial charge in [0.1, 0.15) is 5.82 Å². The monoisotopic (exact) mass is 345 g/mol. The van der Waals surface area contributed by atoms with Crippen LogP contribution < -0.4 is 0 Å². The Morgan fingerprint density at radius 2 is 1.88 bits per heavy atom. The van der Waals surface area contributed by atoms with E-state index in [1.807, 2.05) is 10.9 Å². The van der Waals surface area contributed by atoms with Crippen LogP contribution in [-0.4, -0.2) is 53.2 Å². The molecule has 0 bridgehead atoms. The minimum absolute atomic E-state index is 0.186. The summed E-state index contributed by atoms with van der Waals surface area (Å²) in [6, 6.07) is 6.56. The molecule has 6 heteroatoms. The van der Waals surface area contributed by atoms with Gasteiger partial charge in [0.15, 0.2) is 0 Å². The molecule has 2 atom stereocenters. The second-order valence-corrected chi connectivity index (χ2v) is 6.87. The van der Waals surface area contributed by atoms with Crippen LogP contribution in [0.15, 0.2) is 36.7 Å². The molecular weight excluding hydrogens is 321 g/mol. The smallest absolute Gasteiger partial charge is 0.123 e. The summed E-state index contributed by atoms with van der Waals surface area (Å²) in [4.78, 5) is 2.41. The first-order valence-corrected chi connectivity index (χ1v) is 8.97. The zero-order chi connectivity index (χ0) is 17.1. The fraction of sp³-hybridized carbons (Fsp3) is 0.526. The largest absolute Gasteiger partial charge is 0.375 e. The highest BCUT2D eigenvalue weighted by Crippen LogP contribution is 2.21. The van der Waals surface area contributed by atoms with Gasteiger partial charge in [-0.05, 0) is 30.5 Å². The van der Waals surface area contributed by atoms with Gasteiger partial charge in [-0.2, -0.15) is 5.10 Å². The van der Waals surface area contributed by atoms with Gasteiger partial charge in [0.25, 0.3) is 0 Å². The molecule has 2 aromatic rings. The van der Waals surface area contributed by atoms with Crippen LogP contribution >= 0.6 is 0 Å². The van der Waals surface area contributed by atoms with Gasteiger partial charge in [-0.25, -0.2) is 4.39 Å². The Balaban J connectivity index is 1.33. The summed E-state index contributed by atoms with van der Waals surface area (Å²) in [5.74, 6) is -0.210. The summed E-state index contributed by atoms with van der Waals surface area (Å²) >= 11 is 0. The van der Waals surface area contributed by atoms with Crippen LogP contribution in [0, 0.1) is 5.82 Å². The van der Waals surface area contributed by atoms with Crippen LogP contribution in [-0.2, 0) is 22.6 Å². The maximum atomic E-state index is 13.0. The predicted molar refractivity (Wildman–Crippen MR) is 91.7 cm³/mol. The first-order valence-electron chi connectivity index (χ1n) is 8.97. The Labute approximate surface area is 147 Å². The third-order valence-corrected chi connectivity index (χ3v) is 4.91. The molecule has 2 saturated heterocycles. The van der Waals surface area contributed by atoms with Crippen LogP contribution in [0.2, 0.25) is 0 Å². The molecule has 2 unspecified atom stereocenters. The number of benzene rings is 1. The molecule has 25 heavy (non-hydrogen) atoms. The average molecular weight is 345 g/mol. The van der Waals surface area contributed by atoms with Crippen molar-refractivity contribution in [3.8, 4) is 0 Å². The third-order valence-electron chi connectivity index (χ3n) is 4.91. The van der Waals surface area contributed by atoms with Crippen molar-refractivity contribution in [1.29, 1.82) is 0 Å². The molecule has 0 saturated carbocycles. The van der Waals surface area contributed by atoms with Crippen LogP contribution in [0.3, 0.4) is 0 Å². The number of rotatable bonds is 5. The van der Waals surface area contributed by atoms with Crippen LogP contribution in [0.5, 0.6) is 0 Å². The number of hydrogen-bond acceptors (Lipinski definition) is 4. The third kappa shape index (κ3) is 4.26. The fourth-order valence-electron chi connectivity index (χ4n) is 3.61. The molecule has 0 spiro atoms. The Hall–Kier alpha value is -1.76. The van der Waals surface area contributed by atoms with E-state index in [1.54, 1.807) is 12.1 Å². The van der Waals surface area contributed by atoms with Crippen molar-refractivity contribution in [1.82, 2.24) is 14.7 Å². The molecule has 0 radical (unpaired) electrons. The lowest BCUT2D eigenvalue weighted by atomic mass is 10.1. The SMILES string of the molecule is Fc1ccc(Cn2cc(CN3CCOC(C4CCCO4)C3)cn2)cc1. The molecule has 0 N–H and O–H groups in total. The molecule has 0 aliphatic carbocycles. The molecule has 3 heterocycles. The van der Waals surface area contributed by atoms with E-state index in [9.17, 15) is 4.39 Å². The highest BCUT2D eigenvalue weighted by atomic mass is 19.1. The van der Waals surface area contributed by atoms with Crippen molar-refractivity contribution in [2.45, 2.75) is 38.1 Å². The Kier molecular flexibility index (Phi) is 5.10. The number of hydrogen-bond donors (Lipinski definition) is 0. The van der Waals surface area contributed by atoms with E-state index in [1.165, 1.54) is 17.7 Å².